The Balaban J connectivity index is 1.49. The maximum atomic E-state index is 13.9. The van der Waals surface area contributed by atoms with Gasteiger partial charge in [0.25, 0.3) is 5.91 Å². The Hall–Kier alpha value is -1.97. The summed E-state index contributed by atoms with van der Waals surface area (Å²) in [4.78, 5) is 13.9. The number of benzene rings is 1. The number of carbonyl (C=O) groups excluding carboxylic acids is 1. The van der Waals surface area contributed by atoms with Crippen molar-refractivity contribution in [1.29, 1.82) is 0 Å². The molecule has 4 heteroatoms. The van der Waals surface area contributed by atoms with Gasteiger partial charge in [-0.2, -0.15) is 0 Å². The third-order valence-electron chi connectivity index (χ3n) is 9.78. The van der Waals surface area contributed by atoms with E-state index in [2.05, 4.69) is 43.6 Å². The molecule has 33 heavy (non-hydrogen) atoms. The van der Waals surface area contributed by atoms with Crippen LogP contribution in [0.25, 0.3) is 10.9 Å². The molecule has 2 aromatic rings. The van der Waals surface area contributed by atoms with Crippen LogP contribution in [0.1, 0.15) is 94.6 Å². The molecule has 1 aromatic heterocycles. The summed E-state index contributed by atoms with van der Waals surface area (Å²) in [5.41, 5.74) is 3.36. The van der Waals surface area contributed by atoms with Crippen LogP contribution < -0.4 is 10.1 Å². The van der Waals surface area contributed by atoms with Crippen molar-refractivity contribution in [3.63, 3.8) is 0 Å². The van der Waals surface area contributed by atoms with E-state index in [-0.39, 0.29) is 22.8 Å². The molecule has 3 saturated carbocycles. The third-order valence-corrected chi connectivity index (χ3v) is 9.78. The number of nitrogens with one attached hydrogen (secondary N) is 1. The molecule has 4 nitrogen and oxygen atoms in total. The molecule has 2 unspecified atom stereocenters. The SMILES string of the molecule is COc1cccc2c(C(=O)N[C@H]3C4(C)CCC(C4)C3(C)C)c(C)n(CCC3CCCCC3)c12. The van der Waals surface area contributed by atoms with Crippen LogP contribution in [0.4, 0.5) is 0 Å². The van der Waals surface area contributed by atoms with Crippen LogP contribution in [-0.2, 0) is 6.54 Å². The Kier molecular flexibility index (Phi) is 5.77. The van der Waals surface area contributed by atoms with Crippen LogP contribution in [0.5, 0.6) is 5.75 Å². The molecule has 5 rings (SSSR count). The molecule has 1 N–H and O–H groups in total. The van der Waals surface area contributed by atoms with Gasteiger partial charge in [0.15, 0.2) is 0 Å². The van der Waals surface area contributed by atoms with E-state index in [9.17, 15) is 4.79 Å². The normalized spacial score (nSPS) is 29.0. The summed E-state index contributed by atoms with van der Waals surface area (Å²) in [5.74, 6) is 2.47. The van der Waals surface area contributed by atoms with Gasteiger partial charge in [-0.05, 0) is 61.3 Å². The molecular formula is C29H42N2O2. The van der Waals surface area contributed by atoms with Crippen LogP contribution in [0, 0.1) is 29.6 Å². The Morgan fingerprint density at radius 3 is 2.58 bits per heavy atom. The number of carbonyl (C=O) groups is 1. The molecule has 3 aliphatic carbocycles. The van der Waals surface area contributed by atoms with Crippen molar-refractivity contribution in [2.45, 2.75) is 98.1 Å². The molecule has 2 bridgehead atoms. The molecule has 1 amide bonds. The number of aryl methyl sites for hydroxylation is 1. The van der Waals surface area contributed by atoms with Crippen molar-refractivity contribution >= 4 is 16.8 Å². The summed E-state index contributed by atoms with van der Waals surface area (Å²) >= 11 is 0. The minimum atomic E-state index is 0.0917. The number of aromatic nitrogens is 1. The third kappa shape index (κ3) is 3.68. The van der Waals surface area contributed by atoms with E-state index in [4.69, 9.17) is 4.74 Å². The van der Waals surface area contributed by atoms with Crippen LogP contribution in [0.3, 0.4) is 0 Å². The fourth-order valence-corrected chi connectivity index (χ4v) is 7.88. The lowest BCUT2D eigenvalue weighted by Gasteiger charge is -2.43. The first-order valence-corrected chi connectivity index (χ1v) is 13.2. The van der Waals surface area contributed by atoms with E-state index in [1.54, 1.807) is 7.11 Å². The van der Waals surface area contributed by atoms with Gasteiger partial charge in [-0.1, -0.05) is 65.0 Å². The molecule has 0 aliphatic heterocycles. The van der Waals surface area contributed by atoms with Crippen LogP contribution in [0.2, 0.25) is 0 Å². The lowest BCUT2D eigenvalue weighted by atomic mass is 9.68. The van der Waals surface area contributed by atoms with Gasteiger partial charge in [-0.15, -0.1) is 0 Å². The standard InChI is InChI=1S/C29H42N2O2/c1-19-24(26(32)30-27-28(2,3)21-14-16-29(27,4)18-21)22-12-9-13-23(33-5)25(22)31(19)17-15-20-10-7-6-8-11-20/h9,12-13,20-21,27H,6-8,10-11,14-18H2,1-5H3,(H,30,32)/t21?,27-,29?/m1/s1. The first-order valence-electron chi connectivity index (χ1n) is 13.2. The van der Waals surface area contributed by atoms with E-state index in [1.807, 2.05) is 12.1 Å². The number of ether oxygens (including phenoxy) is 1. The topological polar surface area (TPSA) is 43.3 Å². The van der Waals surface area contributed by atoms with Gasteiger partial charge in [0.1, 0.15) is 5.75 Å². The highest BCUT2D eigenvalue weighted by Gasteiger charge is 2.59. The van der Waals surface area contributed by atoms with Gasteiger partial charge in [0.2, 0.25) is 0 Å². The Morgan fingerprint density at radius 1 is 1.15 bits per heavy atom. The first-order chi connectivity index (χ1) is 15.8. The largest absolute Gasteiger partial charge is 0.495 e. The van der Waals surface area contributed by atoms with Crippen molar-refractivity contribution in [2.24, 2.45) is 22.7 Å². The maximum absolute atomic E-state index is 13.9. The van der Waals surface area contributed by atoms with Gasteiger partial charge in [-0.25, -0.2) is 0 Å². The van der Waals surface area contributed by atoms with E-state index < -0.39 is 0 Å². The van der Waals surface area contributed by atoms with Gasteiger partial charge < -0.3 is 14.6 Å². The summed E-state index contributed by atoms with van der Waals surface area (Å²) in [6.45, 7) is 10.2. The lowest BCUT2D eigenvalue weighted by Crippen LogP contribution is -2.52. The van der Waals surface area contributed by atoms with E-state index >= 15 is 0 Å². The molecule has 1 heterocycles. The van der Waals surface area contributed by atoms with Crippen molar-refractivity contribution in [1.82, 2.24) is 9.88 Å². The summed E-state index contributed by atoms with van der Waals surface area (Å²) in [6, 6.07) is 6.37. The van der Waals surface area contributed by atoms with Crippen LogP contribution >= 0.6 is 0 Å². The smallest absolute Gasteiger partial charge is 0.253 e. The Morgan fingerprint density at radius 2 is 1.91 bits per heavy atom. The zero-order chi connectivity index (χ0) is 23.4. The molecule has 0 radical (unpaired) electrons. The fraction of sp³-hybridized carbons (Fsp3) is 0.690. The molecule has 3 atom stereocenters. The Bertz CT molecular complexity index is 1040. The molecule has 3 aliphatic rings. The van der Waals surface area contributed by atoms with Crippen molar-refractivity contribution in [3.05, 3.63) is 29.5 Å². The minimum absolute atomic E-state index is 0.0917. The summed E-state index contributed by atoms with van der Waals surface area (Å²) < 4.78 is 8.14. The Labute approximate surface area is 199 Å². The van der Waals surface area contributed by atoms with E-state index in [0.29, 0.717) is 5.92 Å². The number of nitrogens with zero attached hydrogens (tertiary/aromatic N) is 1. The van der Waals surface area contributed by atoms with Crippen molar-refractivity contribution < 1.29 is 9.53 Å². The summed E-state index contributed by atoms with van der Waals surface area (Å²) in [6.07, 6.45) is 11.7. The maximum Gasteiger partial charge on any atom is 0.253 e. The number of fused-ring (bicyclic) bond motifs is 3. The van der Waals surface area contributed by atoms with Gasteiger partial charge >= 0.3 is 0 Å². The van der Waals surface area contributed by atoms with Crippen LogP contribution in [-0.4, -0.2) is 23.6 Å². The van der Waals surface area contributed by atoms with Crippen LogP contribution in [0.15, 0.2) is 18.2 Å². The van der Waals surface area contributed by atoms with E-state index in [1.165, 1.54) is 57.8 Å². The second-order valence-corrected chi connectivity index (χ2v) is 12.1. The number of para-hydroxylation sites is 1. The highest BCUT2D eigenvalue weighted by molar-refractivity contribution is 6.09. The predicted octanol–water partition coefficient (Wildman–Crippen LogP) is 6.87. The molecule has 3 fully saturated rings. The van der Waals surface area contributed by atoms with Gasteiger partial charge in [-0.3, -0.25) is 4.79 Å². The average molecular weight is 451 g/mol. The highest BCUT2D eigenvalue weighted by atomic mass is 16.5. The average Bonchev–Trinajstić information content (AvgIpc) is 3.39. The van der Waals surface area contributed by atoms with E-state index in [0.717, 1.165) is 40.4 Å². The quantitative estimate of drug-likeness (QED) is 0.522. The van der Waals surface area contributed by atoms with Crippen molar-refractivity contribution in [2.75, 3.05) is 7.11 Å². The number of amides is 1. The highest BCUT2D eigenvalue weighted by Crippen LogP contribution is 2.62. The molecule has 1 aromatic carbocycles. The zero-order valence-electron chi connectivity index (χ0n) is 21.3. The summed E-state index contributed by atoms with van der Waals surface area (Å²) in [5, 5.41) is 4.58. The summed E-state index contributed by atoms with van der Waals surface area (Å²) in [7, 11) is 1.74. The number of hydrogen-bond donors (Lipinski definition) is 1. The molecule has 0 spiro atoms. The predicted molar refractivity (Wildman–Crippen MR) is 135 cm³/mol. The first kappa shape index (κ1) is 22.8. The minimum Gasteiger partial charge on any atom is -0.495 e. The molecule has 0 saturated heterocycles. The number of methoxy groups -OCH3 is 1. The van der Waals surface area contributed by atoms with Gasteiger partial charge in [0.05, 0.1) is 18.2 Å². The monoisotopic (exact) mass is 450 g/mol. The lowest BCUT2D eigenvalue weighted by molar-refractivity contribution is 0.0738. The van der Waals surface area contributed by atoms with Gasteiger partial charge in [0, 0.05) is 23.7 Å². The zero-order valence-corrected chi connectivity index (χ0v) is 21.3. The number of hydrogen-bond acceptors (Lipinski definition) is 2. The second-order valence-electron chi connectivity index (χ2n) is 12.1. The fourth-order valence-electron chi connectivity index (χ4n) is 7.88. The molecular weight excluding hydrogens is 408 g/mol. The molecule has 180 valence electrons. The second kappa shape index (κ2) is 8.36. The van der Waals surface area contributed by atoms with Crippen molar-refractivity contribution in [3.8, 4) is 5.75 Å². The number of rotatable bonds is 6.